The highest BCUT2D eigenvalue weighted by atomic mass is 32.2. The van der Waals surface area contributed by atoms with E-state index in [4.69, 9.17) is 5.73 Å². The SMILES string of the molecule is Cn1cnnc1CCNS(=O)(=O)c1ccc(F)cc1N. The molecule has 1 heterocycles. The Morgan fingerprint density at radius 2 is 2.20 bits per heavy atom. The number of sulfonamides is 1. The number of aryl methyl sites for hydroxylation is 1. The molecule has 0 bridgehead atoms. The van der Waals surface area contributed by atoms with Crippen LogP contribution in [-0.4, -0.2) is 29.7 Å². The number of nitrogen functional groups attached to an aromatic ring is 1. The maximum atomic E-state index is 12.9. The van der Waals surface area contributed by atoms with Crippen LogP contribution in [0.3, 0.4) is 0 Å². The third-order valence-electron chi connectivity index (χ3n) is 2.71. The summed E-state index contributed by atoms with van der Waals surface area (Å²) in [4.78, 5) is -0.142. The van der Waals surface area contributed by atoms with E-state index in [0.717, 1.165) is 18.2 Å². The number of halogens is 1. The van der Waals surface area contributed by atoms with Crippen molar-refractivity contribution in [2.45, 2.75) is 11.3 Å². The van der Waals surface area contributed by atoms with Crippen LogP contribution in [0.25, 0.3) is 0 Å². The summed E-state index contributed by atoms with van der Waals surface area (Å²) < 4.78 is 41.0. The van der Waals surface area contributed by atoms with Crippen molar-refractivity contribution in [1.82, 2.24) is 19.5 Å². The number of benzene rings is 1. The van der Waals surface area contributed by atoms with Crippen LogP contribution < -0.4 is 10.5 Å². The van der Waals surface area contributed by atoms with Crippen LogP contribution >= 0.6 is 0 Å². The number of anilines is 1. The van der Waals surface area contributed by atoms with Gasteiger partial charge in [-0.1, -0.05) is 0 Å². The van der Waals surface area contributed by atoms with E-state index in [9.17, 15) is 12.8 Å². The zero-order valence-electron chi connectivity index (χ0n) is 10.7. The van der Waals surface area contributed by atoms with Crippen molar-refractivity contribution >= 4 is 15.7 Å². The molecule has 0 radical (unpaired) electrons. The number of aromatic nitrogens is 3. The van der Waals surface area contributed by atoms with Gasteiger partial charge in [-0.2, -0.15) is 0 Å². The third-order valence-corrected chi connectivity index (χ3v) is 4.24. The van der Waals surface area contributed by atoms with Crippen LogP contribution in [0.4, 0.5) is 10.1 Å². The lowest BCUT2D eigenvalue weighted by Crippen LogP contribution is -2.27. The lowest BCUT2D eigenvalue weighted by molar-refractivity contribution is 0.579. The molecule has 2 rings (SSSR count). The first-order chi connectivity index (χ1) is 9.40. The van der Waals surface area contributed by atoms with Gasteiger partial charge in [0.2, 0.25) is 10.0 Å². The summed E-state index contributed by atoms with van der Waals surface area (Å²) in [7, 11) is -2.01. The minimum Gasteiger partial charge on any atom is -0.398 e. The minimum absolute atomic E-state index is 0.129. The van der Waals surface area contributed by atoms with Gasteiger partial charge in [-0.3, -0.25) is 0 Å². The molecule has 0 spiro atoms. The van der Waals surface area contributed by atoms with Gasteiger partial charge in [0.25, 0.3) is 0 Å². The molecule has 0 unspecified atom stereocenters. The number of nitrogens with one attached hydrogen (secondary N) is 1. The molecule has 0 aliphatic carbocycles. The maximum absolute atomic E-state index is 12.9. The zero-order chi connectivity index (χ0) is 14.8. The summed E-state index contributed by atoms with van der Waals surface area (Å²) in [6, 6.07) is 3.15. The Bertz CT molecular complexity index is 713. The monoisotopic (exact) mass is 299 g/mol. The van der Waals surface area contributed by atoms with E-state index in [2.05, 4.69) is 14.9 Å². The highest BCUT2D eigenvalue weighted by Crippen LogP contribution is 2.18. The second kappa shape index (κ2) is 5.55. The van der Waals surface area contributed by atoms with Crippen LogP contribution in [0.1, 0.15) is 5.82 Å². The second-order valence-corrected chi connectivity index (χ2v) is 5.92. The molecule has 0 saturated carbocycles. The third kappa shape index (κ3) is 3.11. The summed E-state index contributed by atoms with van der Waals surface area (Å²) >= 11 is 0. The lowest BCUT2D eigenvalue weighted by Gasteiger charge is -2.08. The predicted molar refractivity (Wildman–Crippen MR) is 70.7 cm³/mol. The van der Waals surface area contributed by atoms with Gasteiger partial charge in [-0.05, 0) is 18.2 Å². The van der Waals surface area contributed by atoms with Gasteiger partial charge in [-0.15, -0.1) is 10.2 Å². The van der Waals surface area contributed by atoms with Crippen LogP contribution in [-0.2, 0) is 23.5 Å². The van der Waals surface area contributed by atoms with E-state index in [1.807, 2.05) is 0 Å². The highest BCUT2D eigenvalue weighted by Gasteiger charge is 2.17. The molecule has 0 aliphatic heterocycles. The molecular formula is C11H14FN5O2S. The second-order valence-electron chi connectivity index (χ2n) is 4.19. The fourth-order valence-electron chi connectivity index (χ4n) is 1.67. The van der Waals surface area contributed by atoms with E-state index in [0.29, 0.717) is 12.2 Å². The number of hydrogen-bond acceptors (Lipinski definition) is 5. The topological polar surface area (TPSA) is 103 Å². The van der Waals surface area contributed by atoms with Gasteiger partial charge < -0.3 is 10.3 Å². The average molecular weight is 299 g/mol. The Morgan fingerprint density at radius 3 is 2.80 bits per heavy atom. The van der Waals surface area contributed by atoms with Crippen LogP contribution in [0, 0.1) is 5.82 Å². The fourth-order valence-corrected chi connectivity index (χ4v) is 2.82. The number of nitrogens with two attached hydrogens (primary N) is 1. The Balaban J connectivity index is 2.06. The highest BCUT2D eigenvalue weighted by molar-refractivity contribution is 7.89. The van der Waals surface area contributed by atoms with Gasteiger partial charge >= 0.3 is 0 Å². The van der Waals surface area contributed by atoms with Gasteiger partial charge in [0, 0.05) is 20.0 Å². The van der Waals surface area contributed by atoms with E-state index in [1.54, 1.807) is 11.6 Å². The molecule has 0 aliphatic rings. The van der Waals surface area contributed by atoms with Crippen LogP contribution in [0.15, 0.2) is 29.4 Å². The van der Waals surface area contributed by atoms with E-state index >= 15 is 0 Å². The lowest BCUT2D eigenvalue weighted by atomic mass is 10.3. The largest absolute Gasteiger partial charge is 0.398 e. The summed E-state index contributed by atoms with van der Waals surface area (Å²) in [5.74, 6) is 0.0697. The number of nitrogens with zero attached hydrogens (tertiary/aromatic N) is 3. The Kier molecular flexibility index (Phi) is 4.00. The van der Waals surface area contributed by atoms with Crippen molar-refractivity contribution in [2.24, 2.45) is 7.05 Å². The van der Waals surface area contributed by atoms with Crippen molar-refractivity contribution in [3.05, 3.63) is 36.2 Å². The van der Waals surface area contributed by atoms with Crippen molar-refractivity contribution in [3.63, 3.8) is 0 Å². The summed E-state index contributed by atoms with van der Waals surface area (Å²) in [5.41, 5.74) is 5.38. The molecule has 0 fully saturated rings. The smallest absolute Gasteiger partial charge is 0.242 e. The predicted octanol–water partition coefficient (Wildman–Crippen LogP) is 0.0574. The van der Waals surface area contributed by atoms with Crippen molar-refractivity contribution < 1.29 is 12.8 Å². The quantitative estimate of drug-likeness (QED) is 0.760. The summed E-state index contributed by atoms with van der Waals surface area (Å²) in [6.07, 6.45) is 1.92. The molecule has 20 heavy (non-hydrogen) atoms. The zero-order valence-corrected chi connectivity index (χ0v) is 11.6. The molecule has 3 N–H and O–H groups in total. The Morgan fingerprint density at radius 1 is 1.45 bits per heavy atom. The molecule has 0 amide bonds. The fraction of sp³-hybridized carbons (Fsp3) is 0.273. The number of rotatable bonds is 5. The van der Waals surface area contributed by atoms with Gasteiger partial charge in [-0.25, -0.2) is 17.5 Å². The molecule has 9 heteroatoms. The van der Waals surface area contributed by atoms with Crippen LogP contribution in [0.5, 0.6) is 0 Å². The molecule has 108 valence electrons. The van der Waals surface area contributed by atoms with Crippen molar-refractivity contribution in [2.75, 3.05) is 12.3 Å². The van der Waals surface area contributed by atoms with Crippen LogP contribution in [0.2, 0.25) is 0 Å². The first kappa shape index (κ1) is 14.4. The first-order valence-electron chi connectivity index (χ1n) is 5.78. The van der Waals surface area contributed by atoms with E-state index in [1.165, 1.54) is 6.33 Å². The Labute approximate surface area is 115 Å². The molecule has 2 aromatic rings. The molecule has 7 nitrogen and oxygen atoms in total. The van der Waals surface area contributed by atoms with E-state index in [-0.39, 0.29) is 17.1 Å². The minimum atomic E-state index is -3.77. The van der Waals surface area contributed by atoms with Gasteiger partial charge in [0.05, 0.1) is 5.69 Å². The molecule has 0 atom stereocenters. The van der Waals surface area contributed by atoms with Gasteiger partial charge in [0.15, 0.2) is 0 Å². The molecular weight excluding hydrogens is 285 g/mol. The summed E-state index contributed by atoms with van der Waals surface area (Å²) in [6.45, 7) is 0.145. The Hall–Kier alpha value is -2.00. The van der Waals surface area contributed by atoms with E-state index < -0.39 is 15.8 Å². The number of hydrogen-bond donors (Lipinski definition) is 2. The normalized spacial score (nSPS) is 11.7. The molecule has 0 saturated heterocycles. The summed E-state index contributed by atoms with van der Waals surface area (Å²) in [5, 5.41) is 7.53. The standard InChI is InChI=1S/C11H14FN5O2S/c1-17-7-14-16-11(17)4-5-15-20(18,19)10-3-2-8(12)6-9(10)13/h2-3,6-7,15H,4-5,13H2,1H3. The first-order valence-corrected chi connectivity index (χ1v) is 7.26. The average Bonchev–Trinajstić information content (AvgIpc) is 2.74. The van der Waals surface area contributed by atoms with Crippen molar-refractivity contribution in [1.29, 1.82) is 0 Å². The molecule has 1 aromatic carbocycles. The molecule has 1 aromatic heterocycles. The maximum Gasteiger partial charge on any atom is 0.242 e. The van der Waals surface area contributed by atoms with Crippen molar-refractivity contribution in [3.8, 4) is 0 Å². The van der Waals surface area contributed by atoms with Gasteiger partial charge in [0.1, 0.15) is 22.9 Å².